The van der Waals surface area contributed by atoms with E-state index in [1.165, 1.54) is 0 Å². The van der Waals surface area contributed by atoms with E-state index < -0.39 is 0 Å². The molecule has 0 aliphatic heterocycles. The van der Waals surface area contributed by atoms with Gasteiger partial charge in [-0.05, 0) is 51.1 Å². The Kier molecular flexibility index (Phi) is 4.22. The first-order chi connectivity index (χ1) is 11.5. The Morgan fingerprint density at radius 2 is 1.96 bits per heavy atom. The fourth-order valence-electron chi connectivity index (χ4n) is 2.50. The summed E-state index contributed by atoms with van der Waals surface area (Å²) in [5.74, 6) is 0.248. The van der Waals surface area contributed by atoms with Crippen LogP contribution in [-0.4, -0.2) is 20.6 Å². The topological polar surface area (TPSA) is 80.3 Å². The van der Waals surface area contributed by atoms with E-state index in [0.29, 0.717) is 17.0 Å². The maximum Gasteiger partial charge on any atom is 0.291 e. The Morgan fingerprint density at radius 3 is 2.50 bits per heavy atom. The van der Waals surface area contributed by atoms with Crippen LogP contribution < -0.4 is 5.32 Å². The first-order valence-electron chi connectivity index (χ1n) is 7.62. The van der Waals surface area contributed by atoms with E-state index in [0.717, 1.165) is 17.1 Å². The van der Waals surface area contributed by atoms with E-state index in [1.54, 1.807) is 19.3 Å². The number of aromatic nitrogens is 2. The van der Waals surface area contributed by atoms with Gasteiger partial charge in [0.25, 0.3) is 5.91 Å². The molecule has 0 atom stereocenters. The fourth-order valence-corrected chi connectivity index (χ4v) is 2.50. The number of aryl methyl sites for hydroxylation is 2. The molecule has 0 radical (unpaired) electrons. The molecular weight excluding hydrogens is 306 g/mol. The summed E-state index contributed by atoms with van der Waals surface area (Å²) >= 11 is 0. The van der Waals surface area contributed by atoms with Crippen LogP contribution in [0, 0.1) is 20.8 Å². The number of furan rings is 1. The molecule has 0 saturated heterocycles. The lowest BCUT2D eigenvalue weighted by Gasteiger charge is -2.08. The quantitative estimate of drug-likeness (QED) is 0.772. The number of hydrogen-bond acceptors (Lipinski definition) is 4. The van der Waals surface area contributed by atoms with Crippen LogP contribution in [0.3, 0.4) is 0 Å². The van der Waals surface area contributed by atoms with Gasteiger partial charge in [-0.1, -0.05) is 0 Å². The molecule has 2 N–H and O–H groups in total. The lowest BCUT2D eigenvalue weighted by atomic mass is 10.2. The molecule has 0 unspecified atom stereocenters. The molecule has 1 aromatic carbocycles. The average molecular weight is 325 g/mol. The van der Waals surface area contributed by atoms with E-state index in [4.69, 9.17) is 9.52 Å². The van der Waals surface area contributed by atoms with Gasteiger partial charge in [0.15, 0.2) is 5.76 Å². The van der Waals surface area contributed by atoms with Gasteiger partial charge in [0.1, 0.15) is 12.4 Å². The SMILES string of the molecule is Cc1cc(CO)oc1C(=O)Nc1ccc(-n2cnc(C)c2C)cc1. The zero-order valence-corrected chi connectivity index (χ0v) is 13.8. The van der Waals surface area contributed by atoms with Gasteiger partial charge in [0.2, 0.25) is 0 Å². The van der Waals surface area contributed by atoms with Crippen molar-refractivity contribution in [2.24, 2.45) is 0 Å². The Labute approximate surface area is 139 Å². The largest absolute Gasteiger partial charge is 0.453 e. The van der Waals surface area contributed by atoms with Gasteiger partial charge in [0, 0.05) is 22.6 Å². The zero-order chi connectivity index (χ0) is 17.3. The summed E-state index contributed by atoms with van der Waals surface area (Å²) in [5.41, 5.74) is 4.40. The van der Waals surface area contributed by atoms with Gasteiger partial charge in [-0.15, -0.1) is 0 Å². The molecular formula is C18H19N3O3. The number of carbonyl (C=O) groups excluding carboxylic acids is 1. The number of aliphatic hydroxyl groups is 1. The first-order valence-corrected chi connectivity index (χ1v) is 7.62. The summed E-state index contributed by atoms with van der Waals surface area (Å²) in [6.45, 7) is 5.51. The van der Waals surface area contributed by atoms with Crippen molar-refractivity contribution in [3.63, 3.8) is 0 Å². The highest BCUT2D eigenvalue weighted by atomic mass is 16.4. The van der Waals surface area contributed by atoms with Gasteiger partial charge in [-0.2, -0.15) is 0 Å². The smallest absolute Gasteiger partial charge is 0.291 e. The van der Waals surface area contributed by atoms with Crippen LogP contribution in [0.25, 0.3) is 5.69 Å². The van der Waals surface area contributed by atoms with Crippen molar-refractivity contribution in [2.75, 3.05) is 5.32 Å². The molecule has 3 aromatic rings. The van der Waals surface area contributed by atoms with Crippen molar-refractivity contribution in [1.29, 1.82) is 0 Å². The zero-order valence-electron chi connectivity index (χ0n) is 13.8. The number of imidazole rings is 1. The average Bonchev–Trinajstić information content (AvgIpc) is 3.12. The number of anilines is 1. The van der Waals surface area contributed by atoms with Crippen LogP contribution >= 0.6 is 0 Å². The lowest BCUT2D eigenvalue weighted by Crippen LogP contribution is -2.12. The molecule has 0 spiro atoms. The third-order valence-corrected chi connectivity index (χ3v) is 3.99. The third-order valence-electron chi connectivity index (χ3n) is 3.99. The van der Waals surface area contributed by atoms with E-state index in [9.17, 15) is 4.79 Å². The number of nitrogens with one attached hydrogen (secondary N) is 1. The molecule has 0 aliphatic rings. The van der Waals surface area contributed by atoms with Crippen molar-refractivity contribution >= 4 is 11.6 Å². The summed E-state index contributed by atoms with van der Waals surface area (Å²) in [7, 11) is 0. The summed E-state index contributed by atoms with van der Waals surface area (Å²) in [4.78, 5) is 16.6. The van der Waals surface area contributed by atoms with Crippen molar-refractivity contribution in [1.82, 2.24) is 9.55 Å². The summed E-state index contributed by atoms with van der Waals surface area (Å²) < 4.78 is 7.33. The van der Waals surface area contributed by atoms with Crippen molar-refractivity contribution in [3.05, 3.63) is 65.1 Å². The van der Waals surface area contributed by atoms with E-state index in [1.807, 2.05) is 42.7 Å². The van der Waals surface area contributed by atoms with E-state index in [-0.39, 0.29) is 18.3 Å². The minimum absolute atomic E-state index is 0.212. The summed E-state index contributed by atoms with van der Waals surface area (Å²) in [6, 6.07) is 9.14. The Bertz CT molecular complexity index is 876. The maximum absolute atomic E-state index is 12.3. The molecule has 6 nitrogen and oxygen atoms in total. The minimum Gasteiger partial charge on any atom is -0.453 e. The lowest BCUT2D eigenvalue weighted by molar-refractivity contribution is 0.0991. The molecule has 0 bridgehead atoms. The molecule has 2 aromatic heterocycles. The second-order valence-electron chi connectivity index (χ2n) is 5.67. The second kappa shape index (κ2) is 6.33. The number of aliphatic hydroxyl groups excluding tert-OH is 1. The van der Waals surface area contributed by atoms with Crippen molar-refractivity contribution in [3.8, 4) is 5.69 Å². The van der Waals surface area contributed by atoms with Crippen LogP contribution in [0.5, 0.6) is 0 Å². The molecule has 124 valence electrons. The minimum atomic E-state index is -0.338. The van der Waals surface area contributed by atoms with Crippen molar-refractivity contribution < 1.29 is 14.3 Å². The number of hydrogen-bond donors (Lipinski definition) is 2. The first kappa shape index (κ1) is 16.0. The van der Waals surface area contributed by atoms with Crippen LogP contribution in [0.2, 0.25) is 0 Å². The van der Waals surface area contributed by atoms with Gasteiger partial charge in [0.05, 0.1) is 12.0 Å². The molecule has 0 aliphatic carbocycles. The van der Waals surface area contributed by atoms with Crippen LogP contribution in [-0.2, 0) is 6.61 Å². The molecule has 0 saturated carbocycles. The Morgan fingerprint density at radius 1 is 1.25 bits per heavy atom. The Balaban J connectivity index is 1.77. The van der Waals surface area contributed by atoms with E-state index in [2.05, 4.69) is 10.3 Å². The monoisotopic (exact) mass is 325 g/mol. The molecule has 6 heteroatoms. The number of benzene rings is 1. The van der Waals surface area contributed by atoms with Gasteiger partial charge < -0.3 is 19.4 Å². The number of nitrogens with zero attached hydrogens (tertiary/aromatic N) is 2. The molecule has 24 heavy (non-hydrogen) atoms. The van der Waals surface area contributed by atoms with E-state index >= 15 is 0 Å². The predicted molar refractivity (Wildman–Crippen MR) is 90.4 cm³/mol. The highest BCUT2D eigenvalue weighted by Gasteiger charge is 2.15. The second-order valence-corrected chi connectivity index (χ2v) is 5.67. The van der Waals surface area contributed by atoms with Crippen molar-refractivity contribution in [2.45, 2.75) is 27.4 Å². The molecule has 0 fully saturated rings. The third kappa shape index (κ3) is 2.96. The van der Waals surface area contributed by atoms with Gasteiger partial charge in [-0.3, -0.25) is 4.79 Å². The summed E-state index contributed by atoms with van der Waals surface area (Å²) in [5, 5.41) is 11.9. The predicted octanol–water partition coefficient (Wildman–Crippen LogP) is 3.14. The normalized spacial score (nSPS) is 10.8. The summed E-state index contributed by atoms with van der Waals surface area (Å²) in [6.07, 6.45) is 1.78. The van der Waals surface area contributed by atoms with Gasteiger partial charge in [-0.25, -0.2) is 4.98 Å². The standard InChI is InChI=1S/C18H19N3O3/c1-11-8-16(9-22)24-17(11)18(23)20-14-4-6-15(7-5-14)21-10-19-12(2)13(21)3/h4-8,10,22H,9H2,1-3H3,(H,20,23). The fraction of sp³-hybridized carbons (Fsp3) is 0.222. The highest BCUT2D eigenvalue weighted by Crippen LogP contribution is 2.19. The number of carbonyl (C=O) groups is 1. The molecule has 3 rings (SSSR count). The molecule has 2 heterocycles. The van der Waals surface area contributed by atoms with Crippen LogP contribution in [0.4, 0.5) is 5.69 Å². The molecule has 1 amide bonds. The van der Waals surface area contributed by atoms with Gasteiger partial charge >= 0.3 is 0 Å². The number of rotatable bonds is 4. The van der Waals surface area contributed by atoms with Crippen LogP contribution in [0.15, 0.2) is 41.1 Å². The number of amides is 1. The maximum atomic E-state index is 12.3. The Hall–Kier alpha value is -2.86. The highest BCUT2D eigenvalue weighted by molar-refractivity contribution is 6.03. The van der Waals surface area contributed by atoms with Crippen LogP contribution in [0.1, 0.15) is 33.3 Å².